The second-order valence-electron chi connectivity index (χ2n) is 4.65. The highest BCUT2D eigenvalue weighted by Crippen LogP contribution is 2.29. The van der Waals surface area contributed by atoms with Gasteiger partial charge >= 0.3 is 0 Å². The van der Waals surface area contributed by atoms with E-state index in [0.717, 1.165) is 11.8 Å². The Morgan fingerprint density at radius 3 is 2.38 bits per heavy atom. The van der Waals surface area contributed by atoms with Gasteiger partial charge in [-0.05, 0) is 38.5 Å². The minimum atomic E-state index is 0.419. The molecule has 2 N–H and O–H groups in total. The fourth-order valence-electron chi connectivity index (χ4n) is 1.38. The molecule has 0 aromatic rings. The van der Waals surface area contributed by atoms with Gasteiger partial charge in [0.2, 0.25) is 0 Å². The van der Waals surface area contributed by atoms with Crippen LogP contribution in [0.25, 0.3) is 0 Å². The average Bonchev–Trinajstić information content (AvgIpc) is 2.82. The molecule has 0 radical (unpaired) electrons. The molecule has 2 heteroatoms. The van der Waals surface area contributed by atoms with Crippen LogP contribution in [0.2, 0.25) is 0 Å². The smallest absolute Gasteiger partial charge is 0.0971 e. The van der Waals surface area contributed by atoms with Crippen molar-refractivity contribution in [3.63, 3.8) is 0 Å². The molecule has 1 fully saturated rings. The fraction of sp³-hybridized carbons (Fsp3) is 0.909. The van der Waals surface area contributed by atoms with E-state index in [9.17, 15) is 0 Å². The largest absolute Gasteiger partial charge is 0.387 e. The van der Waals surface area contributed by atoms with Gasteiger partial charge in [-0.3, -0.25) is 4.99 Å². The second kappa shape index (κ2) is 4.64. The third-order valence-electron chi connectivity index (χ3n) is 2.53. The molecule has 2 nitrogen and oxygen atoms in total. The number of amidine groups is 1. The maximum Gasteiger partial charge on any atom is 0.0971 e. The highest BCUT2D eigenvalue weighted by molar-refractivity contribution is 5.85. The number of rotatable bonds is 5. The number of nitrogens with two attached hydrogens (primary N) is 1. The maximum atomic E-state index is 5.84. The van der Waals surface area contributed by atoms with Crippen molar-refractivity contribution in [3.05, 3.63) is 0 Å². The maximum absolute atomic E-state index is 5.84. The molecule has 1 atom stereocenters. The van der Waals surface area contributed by atoms with Gasteiger partial charge in [0.25, 0.3) is 0 Å². The van der Waals surface area contributed by atoms with Gasteiger partial charge in [0, 0.05) is 12.0 Å². The predicted octanol–water partition coefficient (Wildman–Crippen LogP) is 2.58. The van der Waals surface area contributed by atoms with Gasteiger partial charge in [-0.2, -0.15) is 0 Å². The summed E-state index contributed by atoms with van der Waals surface area (Å²) in [6.45, 7) is 6.67. The summed E-state index contributed by atoms with van der Waals surface area (Å²) in [6, 6.07) is 0.419. The topological polar surface area (TPSA) is 38.4 Å². The lowest BCUT2D eigenvalue weighted by Crippen LogP contribution is -2.17. The zero-order valence-electron chi connectivity index (χ0n) is 9.09. The monoisotopic (exact) mass is 182 g/mol. The molecule has 1 unspecified atom stereocenters. The summed E-state index contributed by atoms with van der Waals surface area (Å²) in [5, 5.41) is 0. The van der Waals surface area contributed by atoms with Crippen LogP contribution in [-0.4, -0.2) is 11.9 Å². The molecular weight excluding hydrogens is 160 g/mol. The Morgan fingerprint density at radius 1 is 1.31 bits per heavy atom. The van der Waals surface area contributed by atoms with Gasteiger partial charge in [-0.1, -0.05) is 13.8 Å². The van der Waals surface area contributed by atoms with Crippen LogP contribution in [0.15, 0.2) is 4.99 Å². The van der Waals surface area contributed by atoms with Gasteiger partial charge in [0.05, 0.1) is 5.84 Å². The van der Waals surface area contributed by atoms with Gasteiger partial charge in [0.1, 0.15) is 0 Å². The van der Waals surface area contributed by atoms with Crippen LogP contribution in [0, 0.1) is 11.8 Å². The van der Waals surface area contributed by atoms with E-state index in [1.807, 2.05) is 0 Å². The van der Waals surface area contributed by atoms with Crippen molar-refractivity contribution >= 4 is 5.84 Å². The molecule has 0 spiro atoms. The van der Waals surface area contributed by atoms with Crippen LogP contribution >= 0.6 is 0 Å². The molecule has 1 rings (SSSR count). The van der Waals surface area contributed by atoms with Crippen molar-refractivity contribution in [2.75, 3.05) is 0 Å². The lowest BCUT2D eigenvalue weighted by atomic mass is 10.0. The van der Waals surface area contributed by atoms with E-state index in [-0.39, 0.29) is 0 Å². The predicted molar refractivity (Wildman–Crippen MR) is 57.9 cm³/mol. The van der Waals surface area contributed by atoms with Crippen molar-refractivity contribution < 1.29 is 0 Å². The molecule has 0 amide bonds. The average molecular weight is 182 g/mol. The Labute approximate surface area is 81.6 Å². The van der Waals surface area contributed by atoms with E-state index >= 15 is 0 Å². The Kier molecular flexibility index (Phi) is 3.76. The molecule has 0 aromatic carbocycles. The summed E-state index contributed by atoms with van der Waals surface area (Å²) < 4.78 is 0. The zero-order chi connectivity index (χ0) is 9.84. The zero-order valence-corrected chi connectivity index (χ0v) is 9.09. The minimum absolute atomic E-state index is 0.419. The first-order chi connectivity index (χ1) is 6.09. The van der Waals surface area contributed by atoms with E-state index in [1.54, 1.807) is 0 Å². The molecule has 1 aliphatic rings. The molecule has 0 aliphatic heterocycles. The minimum Gasteiger partial charge on any atom is -0.387 e. The summed E-state index contributed by atoms with van der Waals surface area (Å²) in [6.07, 6.45) is 4.94. The Balaban J connectivity index is 2.22. The molecule has 1 saturated carbocycles. The van der Waals surface area contributed by atoms with Crippen LogP contribution in [0.1, 0.15) is 46.5 Å². The molecule has 76 valence electrons. The van der Waals surface area contributed by atoms with Crippen molar-refractivity contribution in [3.8, 4) is 0 Å². The summed E-state index contributed by atoms with van der Waals surface area (Å²) >= 11 is 0. The van der Waals surface area contributed by atoms with Gasteiger partial charge < -0.3 is 5.73 Å². The van der Waals surface area contributed by atoms with Crippen molar-refractivity contribution in [1.29, 1.82) is 0 Å². The quantitative estimate of drug-likeness (QED) is 0.515. The standard InChI is InChI=1S/C11H22N2/c1-8(2)4-5-9(3)13-11(12)10-6-7-10/h8-10H,4-7H2,1-3H3,(H2,12,13). The summed E-state index contributed by atoms with van der Waals surface area (Å²) in [7, 11) is 0. The van der Waals surface area contributed by atoms with Crippen molar-refractivity contribution in [2.45, 2.75) is 52.5 Å². The van der Waals surface area contributed by atoms with Gasteiger partial charge in [0.15, 0.2) is 0 Å². The van der Waals surface area contributed by atoms with Crippen LogP contribution in [0.3, 0.4) is 0 Å². The first kappa shape index (κ1) is 10.6. The summed E-state index contributed by atoms with van der Waals surface area (Å²) in [5.74, 6) is 2.30. The SMILES string of the molecule is CC(C)CCC(C)N=C(N)C1CC1. The molecular formula is C11H22N2. The Hall–Kier alpha value is -0.530. The lowest BCUT2D eigenvalue weighted by molar-refractivity contribution is 0.514. The van der Waals surface area contributed by atoms with Crippen LogP contribution in [0.5, 0.6) is 0 Å². The first-order valence-corrected chi connectivity index (χ1v) is 5.42. The molecule has 1 aliphatic carbocycles. The normalized spacial score (nSPS) is 20.8. The van der Waals surface area contributed by atoms with Crippen LogP contribution in [0.4, 0.5) is 0 Å². The van der Waals surface area contributed by atoms with Crippen LogP contribution in [-0.2, 0) is 0 Å². The first-order valence-electron chi connectivity index (χ1n) is 5.42. The van der Waals surface area contributed by atoms with Crippen molar-refractivity contribution in [1.82, 2.24) is 0 Å². The van der Waals surface area contributed by atoms with Gasteiger partial charge in [-0.15, -0.1) is 0 Å². The third-order valence-corrected chi connectivity index (χ3v) is 2.53. The Bertz CT molecular complexity index is 181. The number of hydrogen-bond acceptors (Lipinski definition) is 1. The molecule has 13 heavy (non-hydrogen) atoms. The van der Waals surface area contributed by atoms with E-state index in [4.69, 9.17) is 5.73 Å². The second-order valence-corrected chi connectivity index (χ2v) is 4.65. The number of nitrogens with zero attached hydrogens (tertiary/aromatic N) is 1. The lowest BCUT2D eigenvalue weighted by Gasteiger charge is -2.09. The number of aliphatic imine (C=N–C) groups is 1. The Morgan fingerprint density at radius 2 is 1.92 bits per heavy atom. The van der Waals surface area contributed by atoms with E-state index in [2.05, 4.69) is 25.8 Å². The highest BCUT2D eigenvalue weighted by Gasteiger charge is 2.25. The molecule has 0 aromatic heterocycles. The summed E-state index contributed by atoms with van der Waals surface area (Å²) in [4.78, 5) is 4.51. The molecule has 0 heterocycles. The highest BCUT2D eigenvalue weighted by atomic mass is 14.9. The fourth-order valence-corrected chi connectivity index (χ4v) is 1.38. The summed E-state index contributed by atoms with van der Waals surface area (Å²) in [5.41, 5.74) is 5.84. The van der Waals surface area contributed by atoms with E-state index < -0.39 is 0 Å². The van der Waals surface area contributed by atoms with Crippen LogP contribution < -0.4 is 5.73 Å². The molecule has 0 bridgehead atoms. The molecule has 0 saturated heterocycles. The third kappa shape index (κ3) is 4.30. The van der Waals surface area contributed by atoms with Crippen molar-refractivity contribution in [2.24, 2.45) is 22.6 Å². The van der Waals surface area contributed by atoms with E-state index in [0.29, 0.717) is 12.0 Å². The van der Waals surface area contributed by atoms with Gasteiger partial charge in [-0.25, -0.2) is 0 Å². The number of hydrogen-bond donors (Lipinski definition) is 1. The van der Waals surface area contributed by atoms with E-state index in [1.165, 1.54) is 25.7 Å².